The van der Waals surface area contributed by atoms with Crippen molar-refractivity contribution in [3.05, 3.63) is 65.5 Å². The zero-order chi connectivity index (χ0) is 25.0. The van der Waals surface area contributed by atoms with Gasteiger partial charge in [-0.25, -0.2) is 4.98 Å². The van der Waals surface area contributed by atoms with Gasteiger partial charge in [0.2, 0.25) is 0 Å². The number of fused-ring (bicyclic) bond motifs is 7. The molecule has 2 aromatic carbocycles. The normalized spacial score (nSPS) is 22.6. The number of nitrogens with one attached hydrogen (secondary N) is 2. The number of benzene rings is 2. The molecule has 5 aromatic rings. The van der Waals surface area contributed by atoms with E-state index < -0.39 is 0 Å². The van der Waals surface area contributed by atoms with Crippen molar-refractivity contribution in [3.63, 3.8) is 0 Å². The first-order chi connectivity index (χ1) is 17.1. The van der Waals surface area contributed by atoms with Crippen molar-refractivity contribution in [2.45, 2.75) is 71.1 Å². The summed E-state index contributed by atoms with van der Waals surface area (Å²) in [6.07, 6.45) is 2.42. The van der Waals surface area contributed by atoms with Crippen molar-refractivity contribution in [2.75, 3.05) is 0 Å². The highest BCUT2D eigenvalue weighted by Crippen LogP contribution is 2.68. The lowest BCUT2D eigenvalue weighted by Gasteiger charge is -2.34. The first kappa shape index (κ1) is 21.8. The average Bonchev–Trinajstić information content (AvgIpc) is 3.57. The predicted molar refractivity (Wildman–Crippen MR) is 146 cm³/mol. The van der Waals surface area contributed by atoms with E-state index >= 15 is 0 Å². The van der Waals surface area contributed by atoms with Crippen LogP contribution in [0, 0.1) is 5.41 Å². The molecule has 2 atom stereocenters. The maximum absolute atomic E-state index is 5.28. The zero-order valence-corrected chi connectivity index (χ0v) is 22.0. The second kappa shape index (κ2) is 6.84. The Bertz CT molecular complexity index is 1680. The Hall–Kier alpha value is -3.47. The number of hydrogen-bond acceptors (Lipinski definition) is 3. The van der Waals surface area contributed by atoms with Gasteiger partial charge in [-0.2, -0.15) is 10.2 Å². The maximum atomic E-state index is 5.28. The van der Waals surface area contributed by atoms with Crippen molar-refractivity contribution >= 4 is 21.5 Å². The fraction of sp³-hybridized carbons (Fsp3) is 0.387. The second-order valence-electron chi connectivity index (χ2n) is 12.7. The summed E-state index contributed by atoms with van der Waals surface area (Å²) >= 11 is 0. The standard InChI is InChI=1S/C31H33N5/c1-29(2,3)24-16-23(33-34-24)22-15-19-13-17-9-7-8-10-18(17)14-20(19)26(32-22)27-25-21-11-12-31(6,30(21,4)5)28(25)36-35-27/h7-10,13-16,21H,11-12H2,1-6H3,(H,33,34)(H,35,36). The Morgan fingerprint density at radius 1 is 0.833 bits per heavy atom. The Morgan fingerprint density at radius 3 is 2.31 bits per heavy atom. The van der Waals surface area contributed by atoms with Crippen LogP contribution in [0.2, 0.25) is 0 Å². The fourth-order valence-electron chi connectivity index (χ4n) is 6.84. The number of H-pyrrole nitrogens is 2. The van der Waals surface area contributed by atoms with Crippen molar-refractivity contribution in [3.8, 4) is 22.8 Å². The molecular weight excluding hydrogens is 442 g/mol. The number of nitrogens with zero attached hydrogens (tertiary/aromatic N) is 3. The van der Waals surface area contributed by atoms with Gasteiger partial charge >= 0.3 is 0 Å². The van der Waals surface area contributed by atoms with Crippen LogP contribution in [0.3, 0.4) is 0 Å². The molecule has 5 heteroatoms. The number of pyridine rings is 1. The molecular formula is C31H33N5. The summed E-state index contributed by atoms with van der Waals surface area (Å²) in [5, 5.41) is 21.1. The number of aromatic amines is 2. The molecule has 0 saturated heterocycles. The molecule has 2 bridgehead atoms. The summed E-state index contributed by atoms with van der Waals surface area (Å²) in [5.74, 6) is 0.491. The third kappa shape index (κ3) is 2.74. The number of rotatable bonds is 2. The van der Waals surface area contributed by atoms with Crippen LogP contribution in [0.5, 0.6) is 0 Å². The summed E-state index contributed by atoms with van der Waals surface area (Å²) in [6, 6.07) is 17.4. The highest BCUT2D eigenvalue weighted by Gasteiger charge is 2.61. The van der Waals surface area contributed by atoms with E-state index in [1.54, 1.807) is 0 Å². The molecule has 7 rings (SSSR count). The number of hydrogen-bond donors (Lipinski definition) is 2. The molecule has 2 aliphatic carbocycles. The molecule has 3 aromatic heterocycles. The highest BCUT2D eigenvalue weighted by atomic mass is 15.2. The summed E-state index contributed by atoms with van der Waals surface area (Å²) in [6.45, 7) is 13.8. The minimum absolute atomic E-state index is 0.00951. The topological polar surface area (TPSA) is 70.2 Å². The summed E-state index contributed by atoms with van der Waals surface area (Å²) < 4.78 is 0. The molecule has 0 aliphatic heterocycles. The largest absolute Gasteiger partial charge is 0.281 e. The molecule has 182 valence electrons. The Kier molecular flexibility index (Phi) is 4.14. The van der Waals surface area contributed by atoms with Crippen LogP contribution in [0.15, 0.2) is 48.5 Å². The van der Waals surface area contributed by atoms with Crippen molar-refractivity contribution in [1.29, 1.82) is 0 Å². The first-order valence-corrected chi connectivity index (χ1v) is 13.1. The van der Waals surface area contributed by atoms with E-state index in [4.69, 9.17) is 10.1 Å². The predicted octanol–water partition coefficient (Wildman–Crippen LogP) is 7.64. The fourth-order valence-corrected chi connectivity index (χ4v) is 6.84. The van der Waals surface area contributed by atoms with E-state index in [9.17, 15) is 0 Å². The quantitative estimate of drug-likeness (QED) is 0.258. The van der Waals surface area contributed by atoms with E-state index in [-0.39, 0.29) is 16.2 Å². The number of aromatic nitrogens is 5. The molecule has 5 nitrogen and oxygen atoms in total. The van der Waals surface area contributed by atoms with Crippen LogP contribution in [-0.2, 0) is 10.8 Å². The van der Waals surface area contributed by atoms with Crippen LogP contribution in [0.25, 0.3) is 44.3 Å². The maximum Gasteiger partial charge on any atom is 0.115 e. The lowest BCUT2D eigenvalue weighted by atomic mass is 9.70. The monoisotopic (exact) mass is 475 g/mol. The van der Waals surface area contributed by atoms with Crippen molar-refractivity contribution in [2.24, 2.45) is 5.41 Å². The highest BCUT2D eigenvalue weighted by molar-refractivity contribution is 6.05. The summed E-state index contributed by atoms with van der Waals surface area (Å²) in [4.78, 5) is 5.28. The van der Waals surface area contributed by atoms with Gasteiger partial charge in [0.05, 0.1) is 11.4 Å². The van der Waals surface area contributed by atoms with Gasteiger partial charge in [-0.15, -0.1) is 0 Å². The van der Waals surface area contributed by atoms with Gasteiger partial charge in [-0.3, -0.25) is 10.2 Å². The van der Waals surface area contributed by atoms with Gasteiger partial charge < -0.3 is 0 Å². The van der Waals surface area contributed by atoms with Crippen LogP contribution in [0.4, 0.5) is 0 Å². The van der Waals surface area contributed by atoms with Crippen LogP contribution in [-0.4, -0.2) is 25.4 Å². The van der Waals surface area contributed by atoms with Crippen LogP contribution >= 0.6 is 0 Å². The molecule has 36 heavy (non-hydrogen) atoms. The third-order valence-corrected chi connectivity index (χ3v) is 9.50. The van der Waals surface area contributed by atoms with E-state index in [1.807, 2.05) is 0 Å². The van der Waals surface area contributed by atoms with Gasteiger partial charge in [0.15, 0.2) is 0 Å². The second-order valence-corrected chi connectivity index (χ2v) is 12.7. The lowest BCUT2D eigenvalue weighted by Crippen LogP contribution is -2.32. The molecule has 2 aliphatic rings. The van der Waals surface area contributed by atoms with Gasteiger partial charge in [0.1, 0.15) is 11.4 Å². The Labute approximate surface area is 211 Å². The van der Waals surface area contributed by atoms with Crippen molar-refractivity contribution < 1.29 is 0 Å². The summed E-state index contributed by atoms with van der Waals surface area (Å²) in [7, 11) is 0. The van der Waals surface area contributed by atoms with Gasteiger partial charge in [-0.05, 0) is 64.6 Å². The molecule has 0 radical (unpaired) electrons. The van der Waals surface area contributed by atoms with E-state index in [0.717, 1.165) is 33.9 Å². The van der Waals surface area contributed by atoms with Crippen LogP contribution in [0.1, 0.15) is 77.3 Å². The molecule has 0 amide bonds. The molecule has 2 N–H and O–H groups in total. The third-order valence-electron chi connectivity index (χ3n) is 9.50. The van der Waals surface area contributed by atoms with Gasteiger partial charge in [0, 0.05) is 33.2 Å². The van der Waals surface area contributed by atoms with Crippen LogP contribution < -0.4 is 0 Å². The Morgan fingerprint density at radius 2 is 1.58 bits per heavy atom. The summed E-state index contributed by atoms with van der Waals surface area (Å²) in [5.41, 5.74) is 7.84. The van der Waals surface area contributed by atoms with Crippen molar-refractivity contribution in [1.82, 2.24) is 25.4 Å². The van der Waals surface area contributed by atoms with E-state index in [2.05, 4.69) is 105 Å². The van der Waals surface area contributed by atoms with Gasteiger partial charge in [-0.1, -0.05) is 65.8 Å². The van der Waals surface area contributed by atoms with E-state index in [1.165, 1.54) is 40.3 Å². The first-order valence-electron chi connectivity index (χ1n) is 13.1. The van der Waals surface area contributed by atoms with Gasteiger partial charge in [0.25, 0.3) is 0 Å². The molecule has 0 spiro atoms. The average molecular weight is 476 g/mol. The van der Waals surface area contributed by atoms with E-state index in [0.29, 0.717) is 5.92 Å². The smallest absolute Gasteiger partial charge is 0.115 e. The molecule has 1 saturated carbocycles. The lowest BCUT2D eigenvalue weighted by molar-refractivity contribution is 0.225. The zero-order valence-electron chi connectivity index (χ0n) is 22.0. The molecule has 1 fully saturated rings. The molecule has 3 heterocycles. The SMILES string of the molecule is CC(C)(C)c1cc(-c2cc3cc4ccccc4cc3c(-c3n[nH]c4c3C3CCC4(C)C3(C)C)n2)n[nH]1. The molecule has 2 unspecified atom stereocenters. The Balaban J connectivity index is 1.51. The minimum Gasteiger partial charge on any atom is -0.281 e. The minimum atomic E-state index is -0.00951.